The molecular weight excluding hydrogens is 442 g/mol. The van der Waals surface area contributed by atoms with E-state index >= 15 is 0 Å². The second-order valence-electron chi connectivity index (χ2n) is 10.1. The van der Waals surface area contributed by atoms with Crippen LogP contribution in [0.3, 0.4) is 0 Å². The molecular formula is C28H39N3S2. The lowest BCUT2D eigenvalue weighted by Gasteiger charge is -2.19. The Labute approximate surface area is 210 Å². The maximum Gasteiger partial charge on any atom is 0.115 e. The predicted molar refractivity (Wildman–Crippen MR) is 147 cm³/mol. The standard InChI is InChI=1S/C20H26S.C8H13N3S/c1-19(2,3)15-7-11-17(12-8-15)21-18-13-9-16(10-14-18)20(4,5)6;12-4-3-9-2-1-8-5-10-7-11-6-8/h7-14H,1-6H3;5-7,9,12H,1-4H2. The smallest absolute Gasteiger partial charge is 0.115 e. The minimum Gasteiger partial charge on any atom is -0.316 e. The van der Waals surface area contributed by atoms with Crippen molar-refractivity contribution in [3.63, 3.8) is 0 Å². The normalized spacial score (nSPS) is 11.6. The van der Waals surface area contributed by atoms with E-state index in [0.29, 0.717) is 0 Å². The van der Waals surface area contributed by atoms with Crippen LogP contribution >= 0.6 is 24.4 Å². The van der Waals surface area contributed by atoms with Gasteiger partial charge in [-0.2, -0.15) is 12.6 Å². The predicted octanol–water partition coefficient (Wildman–Crippen LogP) is 6.97. The molecule has 0 atom stereocenters. The van der Waals surface area contributed by atoms with E-state index in [4.69, 9.17) is 0 Å². The zero-order chi connectivity index (χ0) is 24.3. The van der Waals surface area contributed by atoms with Crippen molar-refractivity contribution in [1.29, 1.82) is 0 Å². The number of nitrogens with one attached hydrogen (secondary N) is 1. The highest BCUT2D eigenvalue weighted by Crippen LogP contribution is 2.32. The third-order valence-electron chi connectivity index (χ3n) is 5.17. The summed E-state index contributed by atoms with van der Waals surface area (Å²) in [5.41, 5.74) is 4.38. The summed E-state index contributed by atoms with van der Waals surface area (Å²) in [6.07, 6.45) is 6.21. The van der Waals surface area contributed by atoms with Crippen LogP contribution in [0.1, 0.15) is 58.2 Å². The molecule has 0 aliphatic carbocycles. The van der Waals surface area contributed by atoms with Gasteiger partial charge in [0.25, 0.3) is 0 Å². The topological polar surface area (TPSA) is 37.8 Å². The van der Waals surface area contributed by atoms with Gasteiger partial charge in [-0.15, -0.1) is 0 Å². The van der Waals surface area contributed by atoms with Crippen LogP contribution in [-0.4, -0.2) is 28.8 Å². The number of thiol groups is 1. The lowest BCUT2D eigenvalue weighted by atomic mass is 9.87. The van der Waals surface area contributed by atoms with E-state index in [9.17, 15) is 0 Å². The molecule has 0 aliphatic rings. The summed E-state index contributed by atoms with van der Waals surface area (Å²) in [6, 6.07) is 17.9. The van der Waals surface area contributed by atoms with Crippen LogP contribution in [0.4, 0.5) is 0 Å². The molecule has 0 radical (unpaired) electrons. The van der Waals surface area contributed by atoms with E-state index in [2.05, 4.69) is 118 Å². The van der Waals surface area contributed by atoms with Crippen molar-refractivity contribution < 1.29 is 0 Å². The molecule has 5 heteroatoms. The molecule has 1 aromatic heterocycles. The van der Waals surface area contributed by atoms with Gasteiger partial charge in [-0.1, -0.05) is 77.6 Å². The second kappa shape index (κ2) is 13.2. The summed E-state index contributed by atoms with van der Waals surface area (Å²) in [6.45, 7) is 15.4. The summed E-state index contributed by atoms with van der Waals surface area (Å²) >= 11 is 5.92. The van der Waals surface area contributed by atoms with Crippen LogP contribution in [0.25, 0.3) is 0 Å². The average Bonchev–Trinajstić information content (AvgIpc) is 2.77. The molecule has 0 saturated carbocycles. The molecule has 3 rings (SSSR count). The second-order valence-corrected chi connectivity index (χ2v) is 11.7. The first-order valence-electron chi connectivity index (χ1n) is 11.5. The quantitative estimate of drug-likeness (QED) is 0.282. The molecule has 0 bridgehead atoms. The fourth-order valence-corrected chi connectivity index (χ4v) is 4.05. The zero-order valence-electron chi connectivity index (χ0n) is 20.9. The number of rotatable bonds is 7. The monoisotopic (exact) mass is 481 g/mol. The van der Waals surface area contributed by atoms with Gasteiger partial charge in [-0.25, -0.2) is 9.97 Å². The van der Waals surface area contributed by atoms with Crippen molar-refractivity contribution in [3.8, 4) is 0 Å². The Balaban J connectivity index is 0.000000273. The first-order valence-corrected chi connectivity index (χ1v) is 13.0. The van der Waals surface area contributed by atoms with Crippen molar-refractivity contribution in [2.75, 3.05) is 18.8 Å². The van der Waals surface area contributed by atoms with Crippen LogP contribution in [0.5, 0.6) is 0 Å². The van der Waals surface area contributed by atoms with Crippen LogP contribution in [-0.2, 0) is 17.3 Å². The van der Waals surface area contributed by atoms with Gasteiger partial charge < -0.3 is 5.32 Å². The molecule has 1 N–H and O–H groups in total. The largest absolute Gasteiger partial charge is 0.316 e. The van der Waals surface area contributed by atoms with Gasteiger partial charge in [-0.3, -0.25) is 0 Å². The fraction of sp³-hybridized carbons (Fsp3) is 0.429. The Morgan fingerprint density at radius 2 is 1.18 bits per heavy atom. The molecule has 2 aromatic carbocycles. The average molecular weight is 482 g/mol. The van der Waals surface area contributed by atoms with Crippen molar-refractivity contribution in [2.45, 2.75) is 68.6 Å². The van der Waals surface area contributed by atoms with Gasteiger partial charge in [0, 0.05) is 34.5 Å². The number of nitrogens with zero attached hydrogens (tertiary/aromatic N) is 2. The van der Waals surface area contributed by atoms with Crippen molar-refractivity contribution >= 4 is 24.4 Å². The lowest BCUT2D eigenvalue weighted by Crippen LogP contribution is -2.19. The summed E-state index contributed by atoms with van der Waals surface area (Å²) in [5, 5.41) is 3.25. The highest BCUT2D eigenvalue weighted by Gasteiger charge is 2.14. The van der Waals surface area contributed by atoms with E-state index in [-0.39, 0.29) is 10.8 Å². The molecule has 0 unspecified atom stereocenters. The number of hydrogen-bond acceptors (Lipinski definition) is 5. The number of aromatic nitrogens is 2. The first kappa shape index (κ1) is 27.4. The highest BCUT2D eigenvalue weighted by atomic mass is 32.2. The van der Waals surface area contributed by atoms with E-state index in [1.54, 1.807) is 6.33 Å². The maximum absolute atomic E-state index is 4.09. The Hall–Kier alpha value is -1.82. The Kier molecular flexibility index (Phi) is 10.9. The number of hydrogen-bond donors (Lipinski definition) is 2. The molecule has 0 spiro atoms. The fourth-order valence-electron chi connectivity index (χ4n) is 3.08. The minimum absolute atomic E-state index is 0.220. The highest BCUT2D eigenvalue weighted by molar-refractivity contribution is 7.99. The Bertz CT molecular complexity index is 871. The summed E-state index contributed by atoms with van der Waals surface area (Å²) in [4.78, 5) is 10.5. The SMILES string of the molecule is CC(C)(C)c1ccc(Sc2ccc(C(C)(C)C)cc2)cc1.SCCNCCc1cncnc1. The van der Waals surface area contributed by atoms with E-state index < -0.39 is 0 Å². The van der Waals surface area contributed by atoms with Crippen molar-refractivity contribution in [2.24, 2.45) is 0 Å². The van der Waals surface area contributed by atoms with Crippen LogP contribution in [0.2, 0.25) is 0 Å². The zero-order valence-corrected chi connectivity index (χ0v) is 22.6. The molecule has 33 heavy (non-hydrogen) atoms. The maximum atomic E-state index is 4.09. The van der Waals surface area contributed by atoms with Gasteiger partial charge in [0.1, 0.15) is 6.33 Å². The summed E-state index contributed by atoms with van der Waals surface area (Å²) < 4.78 is 0. The molecule has 3 nitrogen and oxygen atoms in total. The van der Waals surface area contributed by atoms with Gasteiger partial charge in [0.15, 0.2) is 0 Å². The van der Waals surface area contributed by atoms with Gasteiger partial charge in [0.2, 0.25) is 0 Å². The molecule has 0 fully saturated rings. The summed E-state index contributed by atoms with van der Waals surface area (Å²) in [7, 11) is 0. The van der Waals surface area contributed by atoms with Gasteiger partial charge in [-0.05, 0) is 64.8 Å². The molecule has 3 aromatic rings. The molecule has 178 valence electrons. The number of benzene rings is 2. The third-order valence-corrected chi connectivity index (χ3v) is 6.41. The van der Waals surface area contributed by atoms with Crippen LogP contribution in [0.15, 0.2) is 77.0 Å². The van der Waals surface area contributed by atoms with Crippen molar-refractivity contribution in [3.05, 3.63) is 83.9 Å². The van der Waals surface area contributed by atoms with E-state index in [1.807, 2.05) is 24.2 Å². The van der Waals surface area contributed by atoms with E-state index in [0.717, 1.165) is 25.3 Å². The molecule has 0 aliphatic heterocycles. The first-order chi connectivity index (χ1) is 15.6. The summed E-state index contributed by atoms with van der Waals surface area (Å²) in [5.74, 6) is 0.880. The lowest BCUT2D eigenvalue weighted by molar-refractivity contribution is 0.589. The third kappa shape index (κ3) is 10.3. The molecule has 0 amide bonds. The molecule has 1 heterocycles. The van der Waals surface area contributed by atoms with Gasteiger partial charge >= 0.3 is 0 Å². The van der Waals surface area contributed by atoms with Crippen molar-refractivity contribution in [1.82, 2.24) is 15.3 Å². The Morgan fingerprint density at radius 3 is 1.58 bits per heavy atom. The Morgan fingerprint density at radius 1 is 0.727 bits per heavy atom. The van der Waals surface area contributed by atoms with Crippen LogP contribution < -0.4 is 5.32 Å². The van der Waals surface area contributed by atoms with Crippen LogP contribution in [0, 0.1) is 0 Å². The minimum atomic E-state index is 0.220. The molecule has 0 saturated heterocycles. The van der Waals surface area contributed by atoms with E-state index in [1.165, 1.54) is 26.5 Å². The van der Waals surface area contributed by atoms with Gasteiger partial charge in [0.05, 0.1) is 0 Å².